The van der Waals surface area contributed by atoms with E-state index in [0.717, 1.165) is 24.3 Å². The molecule has 0 aliphatic rings. The van der Waals surface area contributed by atoms with Crippen molar-refractivity contribution < 1.29 is 36.3 Å². The lowest BCUT2D eigenvalue weighted by Gasteiger charge is -2.10. The average molecular weight is 382 g/mol. The summed E-state index contributed by atoms with van der Waals surface area (Å²) in [6.07, 6.45) is -4.92. The molecule has 10 heteroatoms. The highest BCUT2D eigenvalue weighted by Gasteiger charge is 2.31. The van der Waals surface area contributed by atoms with Gasteiger partial charge in [0.1, 0.15) is 22.8 Å². The molecule has 0 saturated carbocycles. The van der Waals surface area contributed by atoms with E-state index in [-0.39, 0.29) is 22.2 Å². The van der Waals surface area contributed by atoms with Crippen molar-refractivity contribution in [2.24, 2.45) is 5.73 Å². The second-order valence-corrected chi connectivity index (χ2v) is 5.34. The van der Waals surface area contributed by atoms with Crippen molar-refractivity contribution in [2.45, 2.75) is 6.36 Å². The molecule has 0 aliphatic heterocycles. The third kappa shape index (κ3) is 4.00. The number of alkyl halides is 3. The van der Waals surface area contributed by atoms with Gasteiger partial charge in [0.2, 0.25) is 5.76 Å². The van der Waals surface area contributed by atoms with Crippen LogP contribution in [0.25, 0.3) is 11.0 Å². The number of nitrogens with one attached hydrogen (secondary N) is 1. The van der Waals surface area contributed by atoms with Gasteiger partial charge >= 0.3 is 6.36 Å². The number of primary amides is 1. The topological polar surface area (TPSA) is 94.6 Å². The first-order chi connectivity index (χ1) is 12.6. The molecule has 0 saturated heterocycles. The Kier molecular flexibility index (Phi) is 4.48. The maximum Gasteiger partial charge on any atom is 0.573 e. The van der Waals surface area contributed by atoms with E-state index >= 15 is 0 Å². The molecule has 3 N–H and O–H groups in total. The van der Waals surface area contributed by atoms with Crippen molar-refractivity contribution in [3.05, 3.63) is 59.6 Å². The zero-order chi connectivity index (χ0) is 19.8. The minimum atomic E-state index is -4.92. The fourth-order valence-electron chi connectivity index (χ4n) is 2.39. The Morgan fingerprint density at radius 1 is 1.11 bits per heavy atom. The monoisotopic (exact) mass is 382 g/mol. The zero-order valence-corrected chi connectivity index (χ0v) is 13.3. The van der Waals surface area contributed by atoms with Crippen molar-refractivity contribution >= 4 is 28.5 Å². The average Bonchev–Trinajstić information content (AvgIpc) is 2.91. The number of ether oxygens (including phenoxy) is 1. The second kappa shape index (κ2) is 6.63. The van der Waals surface area contributed by atoms with Gasteiger partial charge in [0.25, 0.3) is 11.8 Å². The summed E-state index contributed by atoms with van der Waals surface area (Å²) < 4.78 is 59.2. The first-order valence-electron chi connectivity index (χ1n) is 7.33. The number of carbonyl (C=O) groups is 2. The van der Waals surface area contributed by atoms with Gasteiger partial charge in [-0.05, 0) is 30.3 Å². The third-order valence-electron chi connectivity index (χ3n) is 3.44. The van der Waals surface area contributed by atoms with Crippen LogP contribution in [-0.2, 0) is 0 Å². The fraction of sp³-hybridized carbons (Fsp3) is 0.0588. The van der Waals surface area contributed by atoms with Gasteiger partial charge in [-0.2, -0.15) is 0 Å². The predicted octanol–water partition coefficient (Wildman–Crippen LogP) is 3.82. The van der Waals surface area contributed by atoms with Gasteiger partial charge in [0.05, 0.1) is 0 Å². The molecule has 2 amide bonds. The van der Waals surface area contributed by atoms with Crippen molar-refractivity contribution in [3.63, 3.8) is 0 Å². The zero-order valence-electron chi connectivity index (χ0n) is 13.3. The first-order valence-corrected chi connectivity index (χ1v) is 7.33. The fourth-order valence-corrected chi connectivity index (χ4v) is 2.39. The predicted molar refractivity (Wildman–Crippen MR) is 85.8 cm³/mol. The molecule has 0 atom stereocenters. The largest absolute Gasteiger partial charge is 0.573 e. The quantitative estimate of drug-likeness (QED) is 0.671. The summed E-state index contributed by atoms with van der Waals surface area (Å²) >= 11 is 0. The first kappa shape index (κ1) is 18.2. The van der Waals surface area contributed by atoms with E-state index in [1.165, 1.54) is 18.2 Å². The summed E-state index contributed by atoms with van der Waals surface area (Å²) in [5, 5.41) is 2.54. The van der Waals surface area contributed by atoms with Crippen LogP contribution in [-0.4, -0.2) is 18.2 Å². The van der Waals surface area contributed by atoms with Crippen LogP contribution in [0.15, 0.2) is 46.9 Å². The highest BCUT2D eigenvalue weighted by molar-refractivity contribution is 6.14. The molecule has 1 aromatic heterocycles. The number of rotatable bonds is 4. The number of furan rings is 1. The highest BCUT2D eigenvalue weighted by atomic mass is 19.4. The van der Waals surface area contributed by atoms with Crippen LogP contribution >= 0.6 is 0 Å². The molecular weight excluding hydrogens is 372 g/mol. The van der Waals surface area contributed by atoms with Crippen molar-refractivity contribution in [1.82, 2.24) is 0 Å². The summed E-state index contributed by atoms with van der Waals surface area (Å²) in [5.41, 5.74) is 4.87. The van der Waals surface area contributed by atoms with Gasteiger partial charge in [0.15, 0.2) is 0 Å². The van der Waals surface area contributed by atoms with E-state index in [2.05, 4.69) is 10.1 Å². The number of fused-ring (bicyclic) bond motifs is 1. The molecule has 3 rings (SSSR count). The molecule has 0 unspecified atom stereocenters. The van der Waals surface area contributed by atoms with E-state index in [1.54, 1.807) is 0 Å². The number of hydrogen-bond acceptors (Lipinski definition) is 4. The Bertz CT molecular complexity index is 1040. The molecule has 0 radical (unpaired) electrons. The van der Waals surface area contributed by atoms with Crippen LogP contribution in [0.4, 0.5) is 23.2 Å². The van der Waals surface area contributed by atoms with E-state index < -0.39 is 35.5 Å². The van der Waals surface area contributed by atoms with Crippen LogP contribution in [0.2, 0.25) is 0 Å². The molecule has 0 fully saturated rings. The lowest BCUT2D eigenvalue weighted by molar-refractivity contribution is -0.274. The van der Waals surface area contributed by atoms with Crippen molar-refractivity contribution in [2.75, 3.05) is 5.32 Å². The molecule has 0 aliphatic carbocycles. The van der Waals surface area contributed by atoms with Crippen LogP contribution < -0.4 is 15.8 Å². The van der Waals surface area contributed by atoms with Gasteiger partial charge in [0, 0.05) is 17.0 Å². The Hall–Kier alpha value is -3.56. The molecule has 0 spiro atoms. The van der Waals surface area contributed by atoms with Crippen LogP contribution in [0.3, 0.4) is 0 Å². The smallest absolute Gasteiger partial charge is 0.449 e. The van der Waals surface area contributed by atoms with Gasteiger partial charge in [-0.1, -0.05) is 6.07 Å². The lowest BCUT2D eigenvalue weighted by atomic mass is 10.1. The Labute approximate surface area is 148 Å². The highest BCUT2D eigenvalue weighted by Crippen LogP contribution is 2.32. The van der Waals surface area contributed by atoms with Crippen molar-refractivity contribution in [3.8, 4) is 5.75 Å². The standard InChI is InChI=1S/C17H10F4N2O4/c18-9-4-5-11-12(7-9)26-14(15(22)24)13(11)23-16(25)8-2-1-3-10(6-8)27-17(19,20)21/h1-7H,(H2,22,24)(H,23,25). The minimum absolute atomic E-state index is 0.0340. The van der Waals surface area contributed by atoms with E-state index in [1.807, 2.05) is 0 Å². The number of benzene rings is 2. The number of anilines is 1. The van der Waals surface area contributed by atoms with Crippen molar-refractivity contribution in [1.29, 1.82) is 0 Å². The summed E-state index contributed by atoms with van der Waals surface area (Å²) in [6, 6.07) is 7.66. The van der Waals surface area contributed by atoms with Gasteiger partial charge in [-0.15, -0.1) is 13.2 Å². The lowest BCUT2D eigenvalue weighted by Crippen LogP contribution is -2.19. The van der Waals surface area contributed by atoms with Gasteiger partial charge in [-0.3, -0.25) is 9.59 Å². The Balaban J connectivity index is 1.96. The van der Waals surface area contributed by atoms with E-state index in [4.69, 9.17) is 10.2 Å². The Morgan fingerprint density at radius 3 is 2.52 bits per heavy atom. The van der Waals surface area contributed by atoms with Gasteiger partial charge in [-0.25, -0.2) is 4.39 Å². The molecular formula is C17H10F4N2O4. The van der Waals surface area contributed by atoms with E-state index in [9.17, 15) is 27.2 Å². The number of carbonyl (C=O) groups excluding carboxylic acids is 2. The molecule has 6 nitrogen and oxygen atoms in total. The van der Waals surface area contributed by atoms with E-state index in [0.29, 0.717) is 0 Å². The molecule has 0 bridgehead atoms. The normalized spacial score (nSPS) is 11.4. The second-order valence-electron chi connectivity index (χ2n) is 5.34. The number of amides is 2. The van der Waals surface area contributed by atoms with Crippen LogP contribution in [0.1, 0.15) is 20.9 Å². The number of hydrogen-bond donors (Lipinski definition) is 2. The minimum Gasteiger partial charge on any atom is -0.449 e. The summed E-state index contributed by atoms with van der Waals surface area (Å²) in [5.74, 6) is -3.52. The summed E-state index contributed by atoms with van der Waals surface area (Å²) in [6.45, 7) is 0. The third-order valence-corrected chi connectivity index (χ3v) is 3.44. The number of halogens is 4. The SMILES string of the molecule is NC(=O)c1oc2cc(F)ccc2c1NC(=O)c1cccc(OC(F)(F)F)c1. The molecule has 140 valence electrons. The maximum atomic E-state index is 13.3. The molecule has 2 aromatic carbocycles. The molecule has 1 heterocycles. The maximum absolute atomic E-state index is 13.3. The van der Waals surface area contributed by atoms with Gasteiger partial charge < -0.3 is 20.2 Å². The Morgan fingerprint density at radius 2 is 1.85 bits per heavy atom. The molecule has 27 heavy (non-hydrogen) atoms. The summed E-state index contributed by atoms with van der Waals surface area (Å²) in [7, 11) is 0. The van der Waals surface area contributed by atoms with Crippen LogP contribution in [0, 0.1) is 5.82 Å². The summed E-state index contributed by atoms with van der Waals surface area (Å²) in [4.78, 5) is 23.9. The number of nitrogens with two attached hydrogens (primary N) is 1. The van der Waals surface area contributed by atoms with Crippen LogP contribution in [0.5, 0.6) is 5.75 Å². The molecule has 3 aromatic rings.